The summed E-state index contributed by atoms with van der Waals surface area (Å²) < 4.78 is 27.6. The van der Waals surface area contributed by atoms with Crippen molar-refractivity contribution >= 4 is 16.0 Å². The molecule has 0 aliphatic carbocycles. The summed E-state index contributed by atoms with van der Waals surface area (Å²) in [6.07, 6.45) is 3.90. The van der Waals surface area contributed by atoms with Crippen LogP contribution in [0.15, 0.2) is 23.7 Å². The average Bonchev–Trinajstić information content (AvgIpc) is 2.98. The van der Waals surface area contributed by atoms with Crippen LogP contribution in [0.1, 0.15) is 16.3 Å². The highest BCUT2D eigenvalue weighted by atomic mass is 32.2. The van der Waals surface area contributed by atoms with Crippen molar-refractivity contribution in [1.29, 1.82) is 0 Å². The number of aryl methyl sites for hydroxylation is 1. The molecule has 0 bridgehead atoms. The van der Waals surface area contributed by atoms with Crippen molar-refractivity contribution in [2.75, 3.05) is 6.54 Å². The highest BCUT2D eigenvalue weighted by molar-refractivity contribution is 7.89. The number of nitrogens with one attached hydrogen (secondary N) is 2. The van der Waals surface area contributed by atoms with Gasteiger partial charge >= 0.3 is 5.97 Å². The molecule has 0 aliphatic rings. The predicted molar refractivity (Wildman–Crippen MR) is 67.7 cm³/mol. The van der Waals surface area contributed by atoms with Crippen LogP contribution in [0, 0.1) is 6.92 Å². The van der Waals surface area contributed by atoms with Crippen LogP contribution >= 0.6 is 0 Å². The van der Waals surface area contributed by atoms with Gasteiger partial charge in [0.15, 0.2) is 10.7 Å². The zero-order chi connectivity index (χ0) is 14.8. The Balaban J connectivity index is 1.93. The monoisotopic (exact) mass is 299 g/mol. The van der Waals surface area contributed by atoms with Crippen molar-refractivity contribution < 1.29 is 18.3 Å². The van der Waals surface area contributed by atoms with Gasteiger partial charge in [-0.05, 0) is 6.92 Å². The molecule has 0 spiro atoms. The number of carbonyl (C=O) groups is 1. The van der Waals surface area contributed by atoms with E-state index >= 15 is 0 Å². The van der Waals surface area contributed by atoms with Crippen LogP contribution in [-0.2, 0) is 16.6 Å². The van der Waals surface area contributed by atoms with Gasteiger partial charge in [0, 0.05) is 19.3 Å². The minimum absolute atomic E-state index is 0.00754. The highest BCUT2D eigenvalue weighted by Gasteiger charge is 2.15. The van der Waals surface area contributed by atoms with E-state index in [1.54, 1.807) is 6.92 Å². The lowest BCUT2D eigenvalue weighted by Crippen LogP contribution is -2.27. The Kier molecular flexibility index (Phi) is 3.86. The lowest BCUT2D eigenvalue weighted by Gasteiger charge is -2.05. The molecule has 2 aromatic rings. The fraction of sp³-hybridized carbons (Fsp3) is 0.300. The van der Waals surface area contributed by atoms with Crippen molar-refractivity contribution in [2.24, 2.45) is 0 Å². The number of hydrogen-bond acceptors (Lipinski definition) is 5. The summed E-state index contributed by atoms with van der Waals surface area (Å²) >= 11 is 0. The zero-order valence-corrected chi connectivity index (χ0v) is 11.4. The molecular formula is C10H13N5O4S. The van der Waals surface area contributed by atoms with Crippen LogP contribution in [0.2, 0.25) is 0 Å². The molecule has 9 nitrogen and oxygen atoms in total. The SMILES string of the molecule is Cc1ncc(S(=O)(=O)NCCn2cnc(C(=O)O)c2)[nH]1. The van der Waals surface area contributed by atoms with Crippen LogP contribution in [-0.4, -0.2) is 45.6 Å². The number of imidazole rings is 2. The number of rotatable bonds is 6. The number of carboxylic acids is 1. The van der Waals surface area contributed by atoms with Gasteiger partial charge < -0.3 is 14.7 Å². The largest absolute Gasteiger partial charge is 0.476 e. The van der Waals surface area contributed by atoms with E-state index in [4.69, 9.17) is 5.11 Å². The van der Waals surface area contributed by atoms with Gasteiger partial charge in [0.05, 0.1) is 12.5 Å². The first kappa shape index (κ1) is 14.2. The van der Waals surface area contributed by atoms with E-state index in [0.717, 1.165) is 0 Å². The molecule has 0 fully saturated rings. The summed E-state index contributed by atoms with van der Waals surface area (Å²) in [6, 6.07) is 0. The summed E-state index contributed by atoms with van der Waals surface area (Å²) in [6.45, 7) is 2.03. The molecule has 0 saturated heterocycles. The van der Waals surface area contributed by atoms with Gasteiger partial charge in [-0.3, -0.25) is 0 Å². The van der Waals surface area contributed by atoms with E-state index in [1.807, 2.05) is 0 Å². The summed E-state index contributed by atoms with van der Waals surface area (Å²) in [5.74, 6) is -0.622. The molecule has 0 aromatic carbocycles. The predicted octanol–water partition coefficient (Wildman–Crippen LogP) is -0.409. The molecule has 2 heterocycles. The third-order valence-electron chi connectivity index (χ3n) is 2.48. The molecule has 0 unspecified atom stereocenters. The summed E-state index contributed by atoms with van der Waals surface area (Å²) in [4.78, 5) is 20.7. The Morgan fingerprint density at radius 1 is 1.50 bits per heavy atom. The first-order chi connectivity index (χ1) is 9.38. The standard InChI is InChI=1S/C10H13N5O4S/c1-7-11-4-9(14-7)20(18,19)13-2-3-15-5-8(10(16)17)12-6-15/h4-6,13H,2-3H2,1H3,(H,11,14)(H,16,17). The molecule has 20 heavy (non-hydrogen) atoms. The van der Waals surface area contributed by atoms with E-state index in [1.165, 1.54) is 23.3 Å². The topological polar surface area (TPSA) is 130 Å². The molecule has 0 radical (unpaired) electrons. The lowest BCUT2D eigenvalue weighted by atomic mass is 10.5. The molecule has 0 atom stereocenters. The van der Waals surface area contributed by atoms with Crippen LogP contribution in [0.3, 0.4) is 0 Å². The van der Waals surface area contributed by atoms with E-state index in [2.05, 4.69) is 19.7 Å². The lowest BCUT2D eigenvalue weighted by molar-refractivity contribution is 0.0691. The first-order valence-electron chi connectivity index (χ1n) is 5.65. The van der Waals surface area contributed by atoms with E-state index in [9.17, 15) is 13.2 Å². The van der Waals surface area contributed by atoms with E-state index < -0.39 is 16.0 Å². The number of sulfonamides is 1. The van der Waals surface area contributed by atoms with Crippen LogP contribution < -0.4 is 4.72 Å². The Hall–Kier alpha value is -2.20. The maximum absolute atomic E-state index is 11.8. The maximum atomic E-state index is 11.8. The minimum Gasteiger partial charge on any atom is -0.476 e. The van der Waals surface area contributed by atoms with Crippen LogP contribution in [0.5, 0.6) is 0 Å². The molecule has 2 rings (SSSR count). The Labute approximate surface area is 114 Å². The second-order valence-electron chi connectivity index (χ2n) is 4.03. The number of aromatic nitrogens is 4. The molecule has 2 aromatic heterocycles. The quantitative estimate of drug-likeness (QED) is 0.665. The molecule has 0 aliphatic heterocycles. The number of aromatic amines is 1. The van der Waals surface area contributed by atoms with Gasteiger partial charge in [0.1, 0.15) is 5.82 Å². The van der Waals surface area contributed by atoms with Crippen molar-refractivity contribution in [3.63, 3.8) is 0 Å². The normalized spacial score (nSPS) is 11.7. The van der Waals surface area contributed by atoms with Crippen molar-refractivity contribution in [1.82, 2.24) is 24.2 Å². The summed E-state index contributed by atoms with van der Waals surface area (Å²) in [5.41, 5.74) is -0.0861. The molecule has 3 N–H and O–H groups in total. The summed E-state index contributed by atoms with van der Waals surface area (Å²) in [7, 11) is -3.64. The molecule has 0 amide bonds. The molecule has 108 valence electrons. The van der Waals surface area contributed by atoms with Gasteiger partial charge in [-0.2, -0.15) is 0 Å². The molecule has 10 heteroatoms. The van der Waals surface area contributed by atoms with Crippen molar-refractivity contribution in [2.45, 2.75) is 18.5 Å². The fourth-order valence-corrected chi connectivity index (χ4v) is 2.50. The highest BCUT2D eigenvalue weighted by Crippen LogP contribution is 2.04. The number of H-pyrrole nitrogens is 1. The van der Waals surface area contributed by atoms with Gasteiger partial charge in [-0.1, -0.05) is 0 Å². The zero-order valence-electron chi connectivity index (χ0n) is 10.6. The van der Waals surface area contributed by atoms with Crippen molar-refractivity contribution in [3.05, 3.63) is 30.2 Å². The Bertz CT molecular complexity index is 718. The number of aromatic carboxylic acids is 1. The fourth-order valence-electron chi connectivity index (χ4n) is 1.51. The van der Waals surface area contributed by atoms with Gasteiger partial charge in [-0.25, -0.2) is 27.9 Å². The molecular weight excluding hydrogens is 286 g/mol. The van der Waals surface area contributed by atoms with Crippen LogP contribution in [0.25, 0.3) is 0 Å². The Morgan fingerprint density at radius 3 is 2.80 bits per heavy atom. The molecule has 0 saturated carbocycles. The van der Waals surface area contributed by atoms with E-state index in [-0.39, 0.29) is 23.8 Å². The number of hydrogen-bond donors (Lipinski definition) is 3. The average molecular weight is 299 g/mol. The second-order valence-corrected chi connectivity index (χ2v) is 5.77. The van der Waals surface area contributed by atoms with Gasteiger partial charge in [0.25, 0.3) is 10.0 Å². The third kappa shape index (κ3) is 3.22. The van der Waals surface area contributed by atoms with Crippen LogP contribution in [0.4, 0.5) is 0 Å². The second kappa shape index (κ2) is 5.43. The van der Waals surface area contributed by atoms with Gasteiger partial charge in [0.2, 0.25) is 0 Å². The Morgan fingerprint density at radius 2 is 2.25 bits per heavy atom. The first-order valence-corrected chi connectivity index (χ1v) is 7.13. The van der Waals surface area contributed by atoms with Crippen molar-refractivity contribution in [3.8, 4) is 0 Å². The number of carboxylic acid groups (broad SMARTS) is 1. The van der Waals surface area contributed by atoms with E-state index in [0.29, 0.717) is 5.82 Å². The summed E-state index contributed by atoms with van der Waals surface area (Å²) in [5, 5.41) is 8.70. The minimum atomic E-state index is -3.64. The maximum Gasteiger partial charge on any atom is 0.356 e. The third-order valence-corrected chi connectivity index (χ3v) is 3.85. The number of nitrogens with zero attached hydrogens (tertiary/aromatic N) is 3. The smallest absolute Gasteiger partial charge is 0.356 e. The van der Waals surface area contributed by atoms with Gasteiger partial charge in [-0.15, -0.1) is 0 Å².